The van der Waals surface area contributed by atoms with Crippen molar-refractivity contribution in [1.29, 1.82) is 0 Å². The summed E-state index contributed by atoms with van der Waals surface area (Å²) in [6.45, 7) is 8.89. The molecule has 1 N–H and O–H groups in total. The van der Waals surface area contributed by atoms with E-state index < -0.39 is 0 Å². The van der Waals surface area contributed by atoms with E-state index in [2.05, 4.69) is 5.32 Å². The Labute approximate surface area is 70.4 Å². The van der Waals surface area contributed by atoms with Crippen LogP contribution in [0.25, 0.3) is 0 Å². The van der Waals surface area contributed by atoms with Crippen molar-refractivity contribution in [3.63, 3.8) is 0 Å². The van der Waals surface area contributed by atoms with Crippen molar-refractivity contribution in [3.8, 4) is 0 Å². The van der Waals surface area contributed by atoms with E-state index in [-0.39, 0.29) is 5.91 Å². The van der Waals surface area contributed by atoms with Crippen LogP contribution in [0, 0.1) is 0 Å². The molecule has 0 atom stereocenters. The number of carbonyl (C=O) groups is 1. The summed E-state index contributed by atoms with van der Waals surface area (Å²) >= 11 is 0. The number of nitrogens with one attached hydrogen (secondary N) is 1. The fourth-order valence-electron chi connectivity index (χ4n) is 0.727. The molecular formula is C9H21NO. The maximum Gasteiger partial charge on any atom is 0.219 e. The van der Waals surface area contributed by atoms with E-state index >= 15 is 0 Å². The second-order valence-electron chi connectivity index (χ2n) is 1.81. The number of hydrogen-bond acceptors (Lipinski definition) is 1. The van der Waals surface area contributed by atoms with Gasteiger partial charge in [0.25, 0.3) is 0 Å². The molecule has 0 aromatic rings. The van der Waals surface area contributed by atoms with Crippen LogP contribution in [-0.4, -0.2) is 12.5 Å². The highest BCUT2D eigenvalue weighted by Gasteiger charge is 2.04. The summed E-state index contributed by atoms with van der Waals surface area (Å²) in [4.78, 5) is 10.4. The molecule has 1 aliphatic rings. The molecule has 11 heavy (non-hydrogen) atoms. The summed E-state index contributed by atoms with van der Waals surface area (Å²) < 4.78 is 0. The second-order valence-corrected chi connectivity index (χ2v) is 1.81. The van der Waals surface area contributed by atoms with Gasteiger partial charge in [0.05, 0.1) is 0 Å². The zero-order chi connectivity index (χ0) is 9.11. The molecule has 0 spiro atoms. The number of hydrogen-bond donors (Lipinski definition) is 1. The lowest BCUT2D eigenvalue weighted by molar-refractivity contribution is -0.122. The molecule has 2 nitrogen and oxygen atoms in total. The molecule has 1 fully saturated rings. The number of amides is 1. The molecule has 1 heterocycles. The Bertz CT molecular complexity index is 73.6. The zero-order valence-corrected chi connectivity index (χ0v) is 8.24. The summed E-state index contributed by atoms with van der Waals surface area (Å²) in [6.07, 6.45) is 2.97. The van der Waals surface area contributed by atoms with Crippen LogP contribution in [0.3, 0.4) is 0 Å². The highest BCUT2D eigenvalue weighted by atomic mass is 16.1. The first kappa shape index (κ1) is 13.1. The minimum Gasteiger partial charge on any atom is -0.356 e. The summed E-state index contributed by atoms with van der Waals surface area (Å²) in [5.41, 5.74) is 0. The predicted octanol–water partition coefficient (Wildman–Crippen LogP) is 2.34. The largest absolute Gasteiger partial charge is 0.356 e. The van der Waals surface area contributed by atoms with Crippen LogP contribution in [0.5, 0.6) is 0 Å². The van der Waals surface area contributed by atoms with Gasteiger partial charge in [-0.25, -0.2) is 0 Å². The molecule has 0 radical (unpaired) electrons. The Kier molecular flexibility index (Phi) is 14.5. The first-order valence-electron chi connectivity index (χ1n) is 4.66. The lowest BCUT2D eigenvalue weighted by atomic mass is 10.2. The van der Waals surface area contributed by atoms with Gasteiger partial charge >= 0.3 is 0 Å². The van der Waals surface area contributed by atoms with Crippen molar-refractivity contribution in [3.05, 3.63) is 0 Å². The third-order valence-electron chi connectivity index (χ3n) is 1.15. The van der Waals surface area contributed by atoms with Crippen LogP contribution < -0.4 is 5.32 Å². The Morgan fingerprint density at radius 3 is 1.82 bits per heavy atom. The fourth-order valence-corrected chi connectivity index (χ4v) is 0.727. The quantitative estimate of drug-likeness (QED) is 0.577. The van der Waals surface area contributed by atoms with Crippen molar-refractivity contribution in [2.24, 2.45) is 0 Å². The van der Waals surface area contributed by atoms with E-state index in [0.29, 0.717) is 0 Å². The van der Waals surface area contributed by atoms with Gasteiger partial charge in [-0.2, -0.15) is 0 Å². The molecule has 0 bridgehead atoms. The predicted molar refractivity (Wildman–Crippen MR) is 49.6 cm³/mol. The van der Waals surface area contributed by atoms with E-state index in [9.17, 15) is 4.79 Å². The van der Waals surface area contributed by atoms with Crippen LogP contribution in [-0.2, 0) is 4.79 Å². The smallest absolute Gasteiger partial charge is 0.219 e. The maximum atomic E-state index is 10.4. The second kappa shape index (κ2) is 12.2. The lowest BCUT2D eigenvalue weighted by Crippen LogP contribution is -2.28. The average molecular weight is 159 g/mol. The highest BCUT2D eigenvalue weighted by Crippen LogP contribution is 1.98. The molecule has 0 saturated carbocycles. The van der Waals surface area contributed by atoms with Crippen molar-refractivity contribution >= 4 is 5.91 Å². The van der Waals surface area contributed by atoms with Crippen LogP contribution in [0.2, 0.25) is 0 Å². The highest BCUT2D eigenvalue weighted by molar-refractivity contribution is 5.76. The number of piperidine rings is 1. The topological polar surface area (TPSA) is 29.1 Å². The molecule has 1 amide bonds. The molecule has 0 aliphatic carbocycles. The standard InChI is InChI=1S/C5H9NO.2C2H6/c7-5-3-1-2-4-6-5;2*1-2/h1-4H2,(H,6,7);2*1-2H3. The van der Waals surface area contributed by atoms with Crippen LogP contribution in [0.15, 0.2) is 0 Å². The van der Waals surface area contributed by atoms with Gasteiger partial charge in [0, 0.05) is 13.0 Å². The minimum atomic E-state index is 0.214. The Morgan fingerprint density at radius 1 is 1.09 bits per heavy atom. The van der Waals surface area contributed by atoms with Gasteiger partial charge in [-0.15, -0.1) is 0 Å². The number of carbonyl (C=O) groups excluding carboxylic acids is 1. The van der Waals surface area contributed by atoms with Crippen molar-refractivity contribution in [2.75, 3.05) is 6.54 Å². The molecule has 0 aromatic heterocycles. The van der Waals surface area contributed by atoms with Gasteiger partial charge in [0.2, 0.25) is 5.91 Å². The first-order chi connectivity index (χ1) is 5.39. The Morgan fingerprint density at radius 2 is 1.64 bits per heavy atom. The summed E-state index contributed by atoms with van der Waals surface area (Å²) in [5, 5.41) is 2.74. The third kappa shape index (κ3) is 9.47. The fraction of sp³-hybridized carbons (Fsp3) is 0.889. The molecular weight excluding hydrogens is 138 g/mol. The van der Waals surface area contributed by atoms with Gasteiger partial charge in [-0.05, 0) is 12.8 Å². The molecule has 1 saturated heterocycles. The van der Waals surface area contributed by atoms with Gasteiger partial charge < -0.3 is 5.32 Å². The van der Waals surface area contributed by atoms with E-state index in [1.54, 1.807) is 0 Å². The molecule has 1 rings (SSSR count). The molecule has 68 valence electrons. The average Bonchev–Trinajstić information content (AvgIpc) is 2.13. The van der Waals surface area contributed by atoms with Gasteiger partial charge in [0.15, 0.2) is 0 Å². The SMILES string of the molecule is CC.CC.O=C1CCCCN1. The van der Waals surface area contributed by atoms with Gasteiger partial charge in [0.1, 0.15) is 0 Å². The van der Waals surface area contributed by atoms with E-state index in [1.165, 1.54) is 0 Å². The van der Waals surface area contributed by atoms with Crippen LogP contribution >= 0.6 is 0 Å². The summed E-state index contributed by atoms with van der Waals surface area (Å²) in [5.74, 6) is 0.214. The Hall–Kier alpha value is -0.530. The maximum absolute atomic E-state index is 10.4. The van der Waals surface area contributed by atoms with Gasteiger partial charge in [-0.3, -0.25) is 4.79 Å². The monoisotopic (exact) mass is 159 g/mol. The molecule has 2 heteroatoms. The van der Waals surface area contributed by atoms with E-state index in [0.717, 1.165) is 25.8 Å². The van der Waals surface area contributed by atoms with Crippen molar-refractivity contribution < 1.29 is 4.79 Å². The lowest BCUT2D eigenvalue weighted by Gasteiger charge is -2.08. The first-order valence-corrected chi connectivity index (χ1v) is 4.66. The zero-order valence-electron chi connectivity index (χ0n) is 8.24. The number of rotatable bonds is 0. The van der Waals surface area contributed by atoms with E-state index in [1.807, 2.05) is 27.7 Å². The Balaban J connectivity index is 0. The van der Waals surface area contributed by atoms with Crippen LogP contribution in [0.4, 0.5) is 0 Å². The molecule has 0 aromatic carbocycles. The normalized spacial score (nSPS) is 14.7. The van der Waals surface area contributed by atoms with Crippen molar-refractivity contribution in [2.45, 2.75) is 47.0 Å². The molecule has 0 unspecified atom stereocenters. The van der Waals surface area contributed by atoms with E-state index in [4.69, 9.17) is 0 Å². The van der Waals surface area contributed by atoms with Crippen LogP contribution in [0.1, 0.15) is 47.0 Å². The summed E-state index contributed by atoms with van der Waals surface area (Å²) in [7, 11) is 0. The van der Waals surface area contributed by atoms with Gasteiger partial charge in [-0.1, -0.05) is 27.7 Å². The third-order valence-corrected chi connectivity index (χ3v) is 1.15. The molecule has 1 aliphatic heterocycles. The minimum absolute atomic E-state index is 0.214. The summed E-state index contributed by atoms with van der Waals surface area (Å²) in [6, 6.07) is 0. The van der Waals surface area contributed by atoms with Crippen molar-refractivity contribution in [1.82, 2.24) is 5.32 Å².